The van der Waals surface area contributed by atoms with E-state index in [9.17, 15) is 20.1 Å². The molecule has 372 valence electrons. The van der Waals surface area contributed by atoms with Crippen molar-refractivity contribution in [3.05, 3.63) is 36.5 Å². The Hall–Kier alpha value is -1.43. The number of unbranched alkanes of at least 4 members (excludes halogenated alkanes) is 38. The van der Waals surface area contributed by atoms with Crippen LogP contribution in [0.25, 0.3) is 0 Å². The molecule has 5 heteroatoms. The molecule has 0 rings (SSSR count). The van der Waals surface area contributed by atoms with Crippen LogP contribution >= 0.6 is 0 Å². The molecule has 1 amide bonds. The molecule has 0 fully saturated rings. The minimum absolute atomic E-state index is 0.157. The van der Waals surface area contributed by atoms with Gasteiger partial charge in [0, 0.05) is 6.42 Å². The van der Waals surface area contributed by atoms with Gasteiger partial charge in [-0.05, 0) is 77.0 Å². The number of hydrogen-bond donors (Lipinski definition) is 4. The van der Waals surface area contributed by atoms with Crippen LogP contribution in [0.2, 0.25) is 0 Å². The fourth-order valence-corrected chi connectivity index (χ4v) is 8.82. The first-order chi connectivity index (χ1) is 31.1. The standard InChI is InChI=1S/C58H111NO4/c1-3-5-7-9-11-13-15-17-19-21-23-25-27-29-31-33-35-37-39-41-43-45-47-49-51-53-57(62)59-55(54-60)58(63)56(61)52-50-48-46-44-42-40-38-36-34-32-30-28-26-24-22-20-18-16-14-12-10-8-6-4-2/h29,31,36,38,44,46,55-56,58,60-61,63H,3-28,30,32-35,37,39-43,45,47-54H2,1-2H3,(H,59,62)/b31-29-,38-36+,46-44+. The maximum Gasteiger partial charge on any atom is 0.220 e. The SMILES string of the molecule is CCCCCCCCCCCCCC/C=C\CCCCCCCCCCCC(=O)NC(CO)C(O)C(O)CCC/C=C/CC/C=C/CCCCCCCCCCCCCCCCC. The Labute approximate surface area is 394 Å². The molecule has 4 N–H and O–H groups in total. The second kappa shape index (κ2) is 53.2. The summed E-state index contributed by atoms with van der Waals surface area (Å²) in [6.45, 7) is 4.20. The molecule has 5 nitrogen and oxygen atoms in total. The minimum Gasteiger partial charge on any atom is -0.394 e. The number of amides is 1. The number of carbonyl (C=O) groups excluding carboxylic acids is 1. The molecular formula is C58H111NO4. The van der Waals surface area contributed by atoms with Gasteiger partial charge in [0.1, 0.15) is 6.10 Å². The third kappa shape index (κ3) is 48.3. The zero-order valence-electron chi connectivity index (χ0n) is 42.5. The van der Waals surface area contributed by atoms with E-state index in [0.717, 1.165) is 44.9 Å². The van der Waals surface area contributed by atoms with E-state index in [2.05, 4.69) is 55.6 Å². The molecule has 0 saturated carbocycles. The van der Waals surface area contributed by atoms with Crippen molar-refractivity contribution in [1.82, 2.24) is 5.32 Å². The van der Waals surface area contributed by atoms with Crippen molar-refractivity contribution < 1.29 is 20.1 Å². The highest BCUT2D eigenvalue weighted by Crippen LogP contribution is 2.17. The molecule has 0 aromatic rings. The van der Waals surface area contributed by atoms with Crippen molar-refractivity contribution in [2.45, 2.75) is 321 Å². The van der Waals surface area contributed by atoms with Gasteiger partial charge in [0.25, 0.3) is 0 Å². The third-order valence-corrected chi connectivity index (χ3v) is 13.2. The third-order valence-electron chi connectivity index (χ3n) is 13.2. The fraction of sp³-hybridized carbons (Fsp3) is 0.879. The van der Waals surface area contributed by atoms with Gasteiger partial charge in [0.2, 0.25) is 5.91 Å². The molecule has 63 heavy (non-hydrogen) atoms. The quantitative estimate of drug-likeness (QED) is 0.0362. The zero-order valence-corrected chi connectivity index (χ0v) is 42.5. The van der Waals surface area contributed by atoms with Gasteiger partial charge in [-0.2, -0.15) is 0 Å². The summed E-state index contributed by atoms with van der Waals surface area (Å²) in [5.41, 5.74) is 0. The summed E-state index contributed by atoms with van der Waals surface area (Å²) in [5, 5.41) is 33.7. The Kier molecular flexibility index (Phi) is 52.0. The van der Waals surface area contributed by atoms with Crippen LogP contribution in [0.15, 0.2) is 36.5 Å². The van der Waals surface area contributed by atoms with Crippen LogP contribution in [0.1, 0.15) is 303 Å². The maximum atomic E-state index is 12.5. The highest BCUT2D eigenvalue weighted by Gasteiger charge is 2.26. The van der Waals surface area contributed by atoms with Gasteiger partial charge in [-0.15, -0.1) is 0 Å². The molecule has 0 saturated heterocycles. The summed E-state index contributed by atoms with van der Waals surface area (Å²) in [6.07, 6.45) is 68.7. The van der Waals surface area contributed by atoms with E-state index in [-0.39, 0.29) is 12.5 Å². The lowest BCUT2D eigenvalue weighted by Crippen LogP contribution is -2.50. The molecule has 0 aromatic heterocycles. The molecule has 0 bridgehead atoms. The van der Waals surface area contributed by atoms with Crippen LogP contribution in [-0.4, -0.2) is 46.1 Å². The van der Waals surface area contributed by atoms with Gasteiger partial charge in [0.15, 0.2) is 0 Å². The molecule has 0 aromatic carbocycles. The van der Waals surface area contributed by atoms with Crippen LogP contribution in [0.3, 0.4) is 0 Å². The highest BCUT2D eigenvalue weighted by molar-refractivity contribution is 5.76. The van der Waals surface area contributed by atoms with E-state index < -0.39 is 18.2 Å². The van der Waals surface area contributed by atoms with E-state index in [4.69, 9.17) is 0 Å². The summed E-state index contributed by atoms with van der Waals surface area (Å²) < 4.78 is 0. The first-order valence-electron chi connectivity index (χ1n) is 28.3. The zero-order chi connectivity index (χ0) is 45.8. The molecule has 0 radical (unpaired) electrons. The number of rotatable bonds is 52. The number of allylic oxidation sites excluding steroid dienone is 6. The van der Waals surface area contributed by atoms with E-state index >= 15 is 0 Å². The predicted molar refractivity (Wildman–Crippen MR) is 278 cm³/mol. The van der Waals surface area contributed by atoms with Crippen molar-refractivity contribution in [3.63, 3.8) is 0 Å². The molecule has 0 aliphatic heterocycles. The summed E-state index contributed by atoms with van der Waals surface area (Å²) in [6, 6.07) is -0.834. The number of carbonyl (C=O) groups is 1. The summed E-state index contributed by atoms with van der Waals surface area (Å²) in [7, 11) is 0. The Morgan fingerprint density at radius 2 is 0.651 bits per heavy atom. The van der Waals surface area contributed by atoms with Crippen LogP contribution < -0.4 is 5.32 Å². The molecule has 0 heterocycles. The van der Waals surface area contributed by atoms with Crippen molar-refractivity contribution in [2.75, 3.05) is 6.61 Å². The van der Waals surface area contributed by atoms with Gasteiger partial charge in [-0.25, -0.2) is 0 Å². The molecule has 0 aliphatic carbocycles. The second-order valence-corrected chi connectivity index (χ2v) is 19.5. The highest BCUT2D eigenvalue weighted by atomic mass is 16.3. The van der Waals surface area contributed by atoms with Gasteiger partial charge >= 0.3 is 0 Å². The van der Waals surface area contributed by atoms with Crippen molar-refractivity contribution in [1.29, 1.82) is 0 Å². The molecule has 0 spiro atoms. The molecule has 0 aliphatic rings. The lowest BCUT2D eigenvalue weighted by molar-refractivity contribution is -0.124. The van der Waals surface area contributed by atoms with Crippen molar-refractivity contribution in [2.24, 2.45) is 0 Å². The van der Waals surface area contributed by atoms with Gasteiger partial charge in [0.05, 0.1) is 18.8 Å². The topological polar surface area (TPSA) is 89.8 Å². The maximum absolute atomic E-state index is 12.5. The minimum atomic E-state index is -1.17. The smallest absolute Gasteiger partial charge is 0.220 e. The molecule has 3 atom stereocenters. The lowest BCUT2D eigenvalue weighted by Gasteiger charge is -2.26. The number of nitrogens with one attached hydrogen (secondary N) is 1. The van der Waals surface area contributed by atoms with E-state index in [0.29, 0.717) is 12.8 Å². The van der Waals surface area contributed by atoms with E-state index in [1.165, 1.54) is 231 Å². The van der Waals surface area contributed by atoms with Gasteiger partial charge < -0.3 is 20.6 Å². The monoisotopic (exact) mass is 886 g/mol. The van der Waals surface area contributed by atoms with Crippen LogP contribution in [0.4, 0.5) is 0 Å². The van der Waals surface area contributed by atoms with Crippen molar-refractivity contribution in [3.8, 4) is 0 Å². The number of aliphatic hydroxyl groups is 3. The average Bonchev–Trinajstić information content (AvgIpc) is 3.29. The summed E-state index contributed by atoms with van der Waals surface area (Å²) in [5.74, 6) is -0.157. The molecular weight excluding hydrogens is 775 g/mol. The Balaban J connectivity index is 3.60. The Bertz CT molecular complexity index is 978. The van der Waals surface area contributed by atoms with Crippen molar-refractivity contribution >= 4 is 5.91 Å². The fourth-order valence-electron chi connectivity index (χ4n) is 8.82. The second-order valence-electron chi connectivity index (χ2n) is 19.5. The van der Waals surface area contributed by atoms with Gasteiger partial charge in [-0.3, -0.25) is 4.79 Å². The number of aliphatic hydroxyl groups excluding tert-OH is 3. The normalized spacial score (nSPS) is 13.5. The Morgan fingerprint density at radius 1 is 0.381 bits per heavy atom. The largest absolute Gasteiger partial charge is 0.394 e. The Morgan fingerprint density at radius 3 is 0.968 bits per heavy atom. The first-order valence-corrected chi connectivity index (χ1v) is 28.3. The van der Waals surface area contributed by atoms with Crippen LogP contribution in [0.5, 0.6) is 0 Å². The average molecular weight is 887 g/mol. The van der Waals surface area contributed by atoms with Crippen LogP contribution in [0, 0.1) is 0 Å². The first kappa shape index (κ1) is 61.6. The van der Waals surface area contributed by atoms with Crippen LogP contribution in [-0.2, 0) is 4.79 Å². The van der Waals surface area contributed by atoms with Gasteiger partial charge in [-0.1, -0.05) is 256 Å². The predicted octanol–water partition coefficient (Wildman–Crippen LogP) is 17.4. The summed E-state index contributed by atoms with van der Waals surface area (Å²) >= 11 is 0. The van der Waals surface area contributed by atoms with E-state index in [1.807, 2.05) is 0 Å². The van der Waals surface area contributed by atoms with E-state index in [1.54, 1.807) is 0 Å². The summed E-state index contributed by atoms with van der Waals surface area (Å²) in [4.78, 5) is 12.5. The number of hydrogen-bond acceptors (Lipinski definition) is 4. The molecule has 3 unspecified atom stereocenters. The lowest BCUT2D eigenvalue weighted by atomic mass is 10.0.